The minimum absolute atomic E-state index is 0.246. The van der Waals surface area contributed by atoms with Gasteiger partial charge in [0.15, 0.2) is 0 Å². The van der Waals surface area contributed by atoms with Gasteiger partial charge in [-0.2, -0.15) is 5.10 Å². The highest BCUT2D eigenvalue weighted by Crippen LogP contribution is 2.41. The van der Waals surface area contributed by atoms with Crippen LogP contribution in [0.25, 0.3) is 22.0 Å². The number of carbonyl (C=O) groups excluding carboxylic acids is 2. The fourth-order valence-corrected chi connectivity index (χ4v) is 5.37. The number of esters is 2. The number of hydrogen-bond donors (Lipinski definition) is 0. The first kappa shape index (κ1) is 23.7. The summed E-state index contributed by atoms with van der Waals surface area (Å²) in [7, 11) is 3.11. The largest absolute Gasteiger partial charge is 0.466 e. The molecule has 1 aliphatic heterocycles. The fraction of sp³-hybridized carbons (Fsp3) is 0.458. The quantitative estimate of drug-likeness (QED) is 0.179. The van der Waals surface area contributed by atoms with Crippen LogP contribution in [0.3, 0.4) is 0 Å². The normalized spacial score (nSPS) is 13.2. The molecule has 0 bridgehead atoms. The molecule has 0 saturated carbocycles. The van der Waals surface area contributed by atoms with Crippen LogP contribution in [0.1, 0.15) is 53.6 Å². The molecule has 0 unspecified atom stereocenters. The van der Waals surface area contributed by atoms with Crippen molar-refractivity contribution in [2.45, 2.75) is 50.0 Å². The van der Waals surface area contributed by atoms with E-state index >= 15 is 4.39 Å². The number of aromatic nitrogens is 3. The van der Waals surface area contributed by atoms with Gasteiger partial charge in [-0.25, -0.2) is 9.18 Å². The van der Waals surface area contributed by atoms with Crippen LogP contribution >= 0.6 is 22.6 Å². The van der Waals surface area contributed by atoms with Gasteiger partial charge >= 0.3 is 11.9 Å². The summed E-state index contributed by atoms with van der Waals surface area (Å²) in [5, 5.41) is 5.57. The highest BCUT2D eigenvalue weighted by atomic mass is 127. The van der Waals surface area contributed by atoms with Gasteiger partial charge in [0.25, 0.3) is 0 Å². The Kier molecular flexibility index (Phi) is 7.06. The molecule has 176 valence electrons. The number of carbonyl (C=O) groups is 2. The van der Waals surface area contributed by atoms with Crippen molar-refractivity contribution in [1.29, 1.82) is 0 Å². The maximum Gasteiger partial charge on any atom is 0.354 e. The molecule has 33 heavy (non-hydrogen) atoms. The van der Waals surface area contributed by atoms with Gasteiger partial charge in [0.05, 0.1) is 24.9 Å². The van der Waals surface area contributed by atoms with Gasteiger partial charge in [0.1, 0.15) is 11.5 Å². The zero-order chi connectivity index (χ0) is 23.7. The predicted octanol–water partition coefficient (Wildman–Crippen LogP) is 4.73. The molecule has 1 aliphatic rings. The molecule has 7 nitrogen and oxygen atoms in total. The minimum Gasteiger partial charge on any atom is -0.466 e. The number of nitrogens with zero attached hydrogens (tertiary/aromatic N) is 3. The summed E-state index contributed by atoms with van der Waals surface area (Å²) in [6.07, 6.45) is 3.98. The van der Waals surface area contributed by atoms with E-state index in [-0.39, 0.29) is 18.4 Å². The van der Waals surface area contributed by atoms with Crippen molar-refractivity contribution < 1.29 is 23.5 Å². The zero-order valence-corrected chi connectivity index (χ0v) is 21.2. The van der Waals surface area contributed by atoms with E-state index in [0.29, 0.717) is 34.0 Å². The first-order valence-corrected chi connectivity index (χ1v) is 12.6. The highest BCUT2D eigenvalue weighted by Gasteiger charge is 2.29. The van der Waals surface area contributed by atoms with Crippen LogP contribution in [-0.2, 0) is 45.1 Å². The smallest absolute Gasteiger partial charge is 0.354 e. The lowest BCUT2D eigenvalue weighted by Crippen LogP contribution is -2.12. The monoisotopic (exact) mass is 567 g/mol. The third kappa shape index (κ3) is 4.27. The second-order valence-electron chi connectivity index (χ2n) is 8.22. The van der Waals surface area contributed by atoms with Gasteiger partial charge in [0, 0.05) is 47.2 Å². The minimum atomic E-state index is -0.478. The van der Waals surface area contributed by atoms with Gasteiger partial charge in [-0.3, -0.25) is 9.48 Å². The van der Waals surface area contributed by atoms with Gasteiger partial charge in [-0.15, -0.1) is 0 Å². The number of rotatable bonds is 7. The molecule has 0 aliphatic carbocycles. The van der Waals surface area contributed by atoms with E-state index in [2.05, 4.69) is 22.6 Å². The Morgan fingerprint density at radius 3 is 2.73 bits per heavy atom. The van der Waals surface area contributed by atoms with E-state index in [9.17, 15) is 9.59 Å². The summed E-state index contributed by atoms with van der Waals surface area (Å²) in [6.45, 7) is 2.44. The molecule has 3 aromatic rings. The Labute approximate surface area is 205 Å². The molecule has 0 N–H and O–H groups in total. The van der Waals surface area contributed by atoms with Crippen molar-refractivity contribution in [3.05, 3.63) is 40.6 Å². The van der Waals surface area contributed by atoms with Crippen molar-refractivity contribution in [2.75, 3.05) is 13.7 Å². The second kappa shape index (κ2) is 9.82. The van der Waals surface area contributed by atoms with E-state index in [0.717, 1.165) is 53.7 Å². The molecule has 3 heterocycles. The van der Waals surface area contributed by atoms with Gasteiger partial charge in [-0.05, 0) is 49.8 Å². The topological polar surface area (TPSA) is 75.4 Å². The summed E-state index contributed by atoms with van der Waals surface area (Å²) >= 11 is 2.27. The summed E-state index contributed by atoms with van der Waals surface area (Å²) in [5.74, 6) is -1.16. The maximum absolute atomic E-state index is 15.5. The van der Waals surface area contributed by atoms with Crippen LogP contribution in [0.4, 0.5) is 4.39 Å². The fourth-order valence-electron chi connectivity index (χ4n) is 4.84. The molecule has 0 saturated heterocycles. The summed E-state index contributed by atoms with van der Waals surface area (Å²) < 4.78 is 30.1. The lowest BCUT2D eigenvalue weighted by Gasteiger charge is -2.16. The Hall–Kier alpha value is -2.43. The van der Waals surface area contributed by atoms with Crippen LogP contribution in [-0.4, -0.2) is 40.0 Å². The Balaban J connectivity index is 1.95. The third-order valence-corrected chi connectivity index (χ3v) is 6.93. The number of methoxy groups -OCH3 is 1. The van der Waals surface area contributed by atoms with E-state index in [4.69, 9.17) is 14.6 Å². The van der Waals surface area contributed by atoms with E-state index in [1.54, 1.807) is 17.7 Å². The lowest BCUT2D eigenvalue weighted by molar-refractivity contribution is -0.141. The van der Waals surface area contributed by atoms with Crippen molar-refractivity contribution in [1.82, 2.24) is 14.3 Å². The Morgan fingerprint density at radius 2 is 2.03 bits per heavy atom. The number of fused-ring (bicyclic) bond motifs is 2. The predicted molar refractivity (Wildman–Crippen MR) is 131 cm³/mol. The number of benzene rings is 1. The molecule has 0 amide bonds. The number of alkyl halides is 1. The van der Waals surface area contributed by atoms with Crippen LogP contribution in [0, 0.1) is 5.82 Å². The van der Waals surface area contributed by atoms with Crippen molar-refractivity contribution in [3.63, 3.8) is 0 Å². The highest BCUT2D eigenvalue weighted by molar-refractivity contribution is 14.1. The Bertz CT molecular complexity index is 1230. The molecule has 0 atom stereocenters. The van der Waals surface area contributed by atoms with Crippen molar-refractivity contribution >= 4 is 45.4 Å². The van der Waals surface area contributed by atoms with Crippen LogP contribution < -0.4 is 0 Å². The molecule has 0 radical (unpaired) electrons. The third-order valence-electron chi connectivity index (χ3n) is 6.20. The zero-order valence-electron chi connectivity index (χ0n) is 19.0. The number of hydrogen-bond acceptors (Lipinski definition) is 5. The first-order chi connectivity index (χ1) is 15.9. The average Bonchev–Trinajstić information content (AvgIpc) is 3.31. The van der Waals surface area contributed by atoms with E-state index in [1.807, 2.05) is 4.68 Å². The van der Waals surface area contributed by atoms with Crippen LogP contribution in [0.15, 0.2) is 12.1 Å². The van der Waals surface area contributed by atoms with Crippen molar-refractivity contribution in [3.8, 4) is 11.1 Å². The molecule has 4 rings (SSSR count). The molecule has 2 aromatic heterocycles. The molecule has 1 aromatic carbocycles. The van der Waals surface area contributed by atoms with E-state index in [1.165, 1.54) is 20.1 Å². The number of halogens is 2. The molecular formula is C24H27FIN3O4. The van der Waals surface area contributed by atoms with Crippen LogP contribution in [0.5, 0.6) is 0 Å². The van der Waals surface area contributed by atoms with Crippen molar-refractivity contribution in [2.24, 2.45) is 7.05 Å². The van der Waals surface area contributed by atoms with E-state index < -0.39 is 5.97 Å². The molecule has 0 fully saturated rings. The maximum atomic E-state index is 15.5. The lowest BCUT2D eigenvalue weighted by atomic mass is 9.95. The van der Waals surface area contributed by atoms with Gasteiger partial charge in [0.2, 0.25) is 0 Å². The molecule has 9 heteroatoms. The summed E-state index contributed by atoms with van der Waals surface area (Å²) in [5.41, 5.74) is 5.05. The summed E-state index contributed by atoms with van der Waals surface area (Å²) in [6, 6.07) is 3.19. The standard InChI is InChI=1S/C24H27FIN3O4/c1-14(30)33-12-6-7-15-16-9-10-17(25)20(22(16)28(2)23(15)24(31)32-3)21-18(13-26)27-29-11-5-4-8-19(21)29/h9-10H,4-8,11-13H2,1-3H3. The first-order valence-electron chi connectivity index (χ1n) is 11.0. The molecular weight excluding hydrogens is 540 g/mol. The number of aryl methyl sites for hydroxylation is 3. The second-order valence-corrected chi connectivity index (χ2v) is 8.98. The Morgan fingerprint density at radius 1 is 1.24 bits per heavy atom. The van der Waals surface area contributed by atoms with Gasteiger partial charge in [-0.1, -0.05) is 22.6 Å². The SMILES string of the molecule is COC(=O)c1c(CCCOC(C)=O)c2ccc(F)c(-c3c(CI)nn4c3CCCC4)c2n1C. The average molecular weight is 567 g/mol. The number of ether oxygens (including phenoxy) is 2. The summed E-state index contributed by atoms with van der Waals surface area (Å²) in [4.78, 5) is 23.9. The molecule has 0 spiro atoms. The van der Waals surface area contributed by atoms with Crippen LogP contribution in [0.2, 0.25) is 0 Å². The van der Waals surface area contributed by atoms with Gasteiger partial charge < -0.3 is 14.0 Å².